The summed E-state index contributed by atoms with van der Waals surface area (Å²) >= 11 is 0. The number of fused-ring (bicyclic) bond motifs is 4. The lowest BCUT2D eigenvalue weighted by atomic mass is 9.81. The number of hydrogen-bond donors (Lipinski definition) is 0. The van der Waals surface area contributed by atoms with E-state index in [1.807, 2.05) is 0 Å². The number of benzene rings is 3. The van der Waals surface area contributed by atoms with Gasteiger partial charge in [0.1, 0.15) is 0 Å². The highest BCUT2D eigenvalue weighted by Gasteiger charge is 2.36. The van der Waals surface area contributed by atoms with Gasteiger partial charge in [0, 0.05) is 23.3 Å². The second kappa shape index (κ2) is 8.31. The van der Waals surface area contributed by atoms with Gasteiger partial charge in [-0.25, -0.2) is 0 Å². The first-order valence-corrected chi connectivity index (χ1v) is 13.0. The van der Waals surface area contributed by atoms with Crippen LogP contribution < -0.4 is 4.90 Å². The number of allylic oxidation sites excluding steroid dienone is 4. The summed E-state index contributed by atoms with van der Waals surface area (Å²) in [5.74, 6) is 0. The van der Waals surface area contributed by atoms with Crippen LogP contribution in [0.1, 0.15) is 68.7 Å². The molecule has 0 bridgehead atoms. The van der Waals surface area contributed by atoms with Gasteiger partial charge in [-0.1, -0.05) is 79.6 Å². The highest BCUT2D eigenvalue weighted by molar-refractivity contribution is 5.84. The molecule has 0 saturated heterocycles. The molecule has 34 heavy (non-hydrogen) atoms. The van der Waals surface area contributed by atoms with Crippen molar-refractivity contribution in [2.24, 2.45) is 0 Å². The van der Waals surface area contributed by atoms with E-state index in [1.54, 1.807) is 5.57 Å². The van der Waals surface area contributed by atoms with Gasteiger partial charge in [-0.2, -0.15) is 0 Å². The van der Waals surface area contributed by atoms with E-state index in [9.17, 15) is 0 Å². The van der Waals surface area contributed by atoms with E-state index < -0.39 is 0 Å². The van der Waals surface area contributed by atoms with Crippen LogP contribution in [0.25, 0.3) is 11.1 Å². The molecule has 2 aliphatic carbocycles. The molecule has 0 saturated carbocycles. The number of para-hydroxylation sites is 1. The Morgan fingerprint density at radius 3 is 2.50 bits per heavy atom. The fourth-order valence-electron chi connectivity index (χ4n) is 6.34. The fourth-order valence-corrected chi connectivity index (χ4v) is 6.34. The summed E-state index contributed by atoms with van der Waals surface area (Å²) in [6, 6.07) is 23.3. The summed E-state index contributed by atoms with van der Waals surface area (Å²) in [5, 5.41) is 0. The van der Waals surface area contributed by atoms with Gasteiger partial charge >= 0.3 is 0 Å². The van der Waals surface area contributed by atoms with Gasteiger partial charge in [-0.05, 0) is 97.0 Å². The maximum atomic E-state index is 2.53. The molecule has 6 rings (SSSR count). The Morgan fingerprint density at radius 1 is 0.853 bits per heavy atom. The van der Waals surface area contributed by atoms with Gasteiger partial charge in [0.05, 0.1) is 0 Å². The smallest absolute Gasteiger partial charge is 0.0443 e. The molecule has 0 radical (unpaired) electrons. The normalized spacial score (nSPS) is 18.0. The molecule has 1 nitrogen and oxygen atoms in total. The zero-order chi connectivity index (χ0) is 23.3. The predicted octanol–water partition coefficient (Wildman–Crippen LogP) is 8.68. The van der Waals surface area contributed by atoms with Crippen molar-refractivity contribution in [1.29, 1.82) is 0 Å². The lowest BCUT2D eigenvalue weighted by molar-refractivity contribution is 0.658. The van der Waals surface area contributed by atoms with E-state index in [1.165, 1.54) is 82.4 Å². The fraction of sp³-hybridized carbons (Fsp3) is 0.333. The van der Waals surface area contributed by atoms with Crippen LogP contribution in [-0.2, 0) is 18.3 Å². The Bertz CT molecular complexity index is 1320. The SMILES string of the molecule is CC1=CCCC(CCc2ccc3c(c2)C(C)(C)c2cc(N4CCCc5ccccc54)ccc2-3)=C1. The second-order valence-corrected chi connectivity index (χ2v) is 10.9. The van der Waals surface area contributed by atoms with Crippen LogP contribution in [0, 0.1) is 0 Å². The van der Waals surface area contributed by atoms with Crippen LogP contribution in [-0.4, -0.2) is 6.54 Å². The molecule has 0 atom stereocenters. The van der Waals surface area contributed by atoms with Gasteiger partial charge < -0.3 is 4.90 Å². The van der Waals surface area contributed by atoms with Gasteiger partial charge in [0.2, 0.25) is 0 Å². The molecular formula is C33H35N. The second-order valence-electron chi connectivity index (χ2n) is 10.9. The number of aryl methyl sites for hydroxylation is 2. The number of hydrogen-bond acceptors (Lipinski definition) is 1. The molecule has 0 spiro atoms. The molecule has 172 valence electrons. The Hall–Kier alpha value is -3.06. The molecule has 0 fully saturated rings. The monoisotopic (exact) mass is 445 g/mol. The highest BCUT2D eigenvalue weighted by Crippen LogP contribution is 2.50. The molecule has 3 aromatic carbocycles. The van der Waals surface area contributed by atoms with E-state index >= 15 is 0 Å². The maximum Gasteiger partial charge on any atom is 0.0443 e. The van der Waals surface area contributed by atoms with Gasteiger partial charge in [-0.3, -0.25) is 0 Å². The third-order valence-corrected chi connectivity index (χ3v) is 8.24. The number of nitrogens with zero attached hydrogens (tertiary/aromatic N) is 1. The average Bonchev–Trinajstić information content (AvgIpc) is 3.08. The first-order chi connectivity index (χ1) is 16.5. The topological polar surface area (TPSA) is 3.24 Å². The zero-order valence-corrected chi connectivity index (χ0v) is 20.8. The molecule has 0 unspecified atom stereocenters. The van der Waals surface area contributed by atoms with Crippen molar-refractivity contribution in [3.63, 3.8) is 0 Å². The van der Waals surface area contributed by atoms with Crippen LogP contribution in [0.4, 0.5) is 11.4 Å². The summed E-state index contributed by atoms with van der Waals surface area (Å²) in [5.41, 5.74) is 14.5. The third kappa shape index (κ3) is 3.63. The summed E-state index contributed by atoms with van der Waals surface area (Å²) in [4.78, 5) is 2.53. The van der Waals surface area contributed by atoms with Crippen LogP contribution in [0.2, 0.25) is 0 Å². The Morgan fingerprint density at radius 2 is 1.65 bits per heavy atom. The standard InChI is InChI=1S/C33H35N/c1-23-8-6-9-24(20-23)13-14-25-15-17-28-29-18-16-27(22-31(29)33(2,3)30(28)21-25)34-19-7-11-26-10-4-5-12-32(26)34/h4-5,8,10,12,15-18,20-22H,6-7,9,11,13-14,19H2,1-3H3. The summed E-state index contributed by atoms with van der Waals surface area (Å²) in [6.45, 7) is 8.14. The quantitative estimate of drug-likeness (QED) is 0.388. The molecule has 1 heteroatoms. The van der Waals surface area contributed by atoms with Crippen molar-refractivity contribution in [3.05, 3.63) is 106 Å². The van der Waals surface area contributed by atoms with E-state index in [0.717, 1.165) is 13.0 Å². The molecule has 1 heterocycles. The minimum atomic E-state index is 0.0232. The first kappa shape index (κ1) is 21.5. The van der Waals surface area contributed by atoms with Gasteiger partial charge in [0.15, 0.2) is 0 Å². The zero-order valence-electron chi connectivity index (χ0n) is 20.8. The average molecular weight is 446 g/mol. The lowest BCUT2D eigenvalue weighted by Gasteiger charge is -2.32. The van der Waals surface area contributed by atoms with Crippen molar-refractivity contribution in [1.82, 2.24) is 0 Å². The predicted molar refractivity (Wildman–Crippen MR) is 145 cm³/mol. The lowest BCUT2D eigenvalue weighted by Crippen LogP contribution is -2.25. The van der Waals surface area contributed by atoms with Crippen molar-refractivity contribution in [3.8, 4) is 11.1 Å². The first-order valence-electron chi connectivity index (χ1n) is 13.0. The van der Waals surface area contributed by atoms with Gasteiger partial charge in [0.25, 0.3) is 0 Å². The van der Waals surface area contributed by atoms with Crippen molar-refractivity contribution in [2.45, 2.75) is 64.7 Å². The highest BCUT2D eigenvalue weighted by atomic mass is 15.1. The van der Waals surface area contributed by atoms with Crippen molar-refractivity contribution in [2.75, 3.05) is 11.4 Å². The molecule has 3 aromatic rings. The molecular weight excluding hydrogens is 410 g/mol. The van der Waals surface area contributed by atoms with Crippen LogP contribution in [0.3, 0.4) is 0 Å². The summed E-state index contributed by atoms with van der Waals surface area (Å²) in [7, 11) is 0. The van der Waals surface area contributed by atoms with Crippen LogP contribution in [0.15, 0.2) is 84.0 Å². The largest absolute Gasteiger partial charge is 0.341 e. The molecule has 0 aromatic heterocycles. The summed E-state index contributed by atoms with van der Waals surface area (Å²) < 4.78 is 0. The minimum absolute atomic E-state index is 0.0232. The van der Waals surface area contributed by atoms with Crippen LogP contribution in [0.5, 0.6) is 0 Å². The Kier molecular flexibility index (Phi) is 5.25. The van der Waals surface area contributed by atoms with Crippen molar-refractivity contribution < 1.29 is 0 Å². The maximum absolute atomic E-state index is 2.53. The number of anilines is 2. The minimum Gasteiger partial charge on any atom is -0.341 e. The molecule has 3 aliphatic rings. The van der Waals surface area contributed by atoms with E-state index in [2.05, 4.69) is 98.5 Å². The summed E-state index contributed by atoms with van der Waals surface area (Å²) in [6.07, 6.45) is 11.9. The van der Waals surface area contributed by atoms with E-state index in [4.69, 9.17) is 0 Å². The van der Waals surface area contributed by atoms with E-state index in [-0.39, 0.29) is 5.41 Å². The van der Waals surface area contributed by atoms with E-state index in [0.29, 0.717) is 0 Å². The Labute approximate surface area is 204 Å². The van der Waals surface area contributed by atoms with Gasteiger partial charge in [-0.15, -0.1) is 0 Å². The third-order valence-electron chi connectivity index (χ3n) is 8.24. The number of rotatable bonds is 4. The molecule has 0 N–H and O–H groups in total. The molecule has 1 aliphatic heterocycles. The molecule has 0 amide bonds. The van der Waals surface area contributed by atoms with Crippen molar-refractivity contribution >= 4 is 11.4 Å². The van der Waals surface area contributed by atoms with Crippen LogP contribution >= 0.6 is 0 Å². The Balaban J connectivity index is 1.30.